The van der Waals surface area contributed by atoms with Gasteiger partial charge in [0.2, 0.25) is 11.8 Å². The summed E-state index contributed by atoms with van der Waals surface area (Å²) in [5.41, 5.74) is 22.1. The van der Waals surface area contributed by atoms with Crippen LogP contribution in [-0.4, -0.2) is 66.6 Å². The average molecular weight is 913 g/mol. The number of amides is 3. The molecule has 5 heterocycles. The lowest BCUT2D eigenvalue weighted by molar-refractivity contribution is -0.121. The van der Waals surface area contributed by atoms with Gasteiger partial charge >= 0.3 is 0 Å². The van der Waals surface area contributed by atoms with Gasteiger partial charge in [0.05, 0.1) is 45.6 Å². The quantitative estimate of drug-likeness (QED) is 0.0820. The van der Waals surface area contributed by atoms with E-state index in [1.54, 1.807) is 24.3 Å². The van der Waals surface area contributed by atoms with Gasteiger partial charge in [0.25, 0.3) is 5.91 Å². The number of fused-ring (bicyclic) bond motifs is 5. The summed E-state index contributed by atoms with van der Waals surface area (Å²) in [4.78, 5) is 56.3. The summed E-state index contributed by atoms with van der Waals surface area (Å²) < 4.78 is 0. The van der Waals surface area contributed by atoms with E-state index < -0.39 is 17.9 Å². The molecular formula is C54H60N10O4. The fraction of sp³-hybridized carbons (Fsp3) is 0.333. The third kappa shape index (κ3) is 9.53. The lowest BCUT2D eigenvalue weighted by Gasteiger charge is -2.18. The Morgan fingerprint density at radius 3 is 2.26 bits per heavy atom. The van der Waals surface area contributed by atoms with Gasteiger partial charge in [-0.15, -0.1) is 0 Å². The minimum atomic E-state index is -0.874. The molecule has 6 N–H and O–H groups in total. The van der Waals surface area contributed by atoms with Crippen molar-refractivity contribution in [2.45, 2.75) is 85.6 Å². The molecule has 3 atom stereocenters. The molecule has 1 aliphatic carbocycles. The normalized spacial score (nSPS) is 20.0. The maximum absolute atomic E-state index is 13.4. The standard InChI is InChI=1S/C54H60N10O4/c1-9-37-29(3)42-26-44-31(5)39(51(59-44)40-25-48(65)50-32(6)45(60-52(40)50)28-47-38(10-2)30(4)43(58-47)27-46(37)57-42)22-23-49(66)56-24-12-11-13-41(53(55)67)61-54(68)33-14-16-34(17-15-33)62-63-35-18-20-36(21-19-35)64(7)8/h9,14-21,26-28,31,39,41,59,65H,1,10-13,22-25H2,2-8H3,(H2,55,67)(H,56,66)(H,61,68)/t31-,39-,41?/m0/s1. The highest BCUT2D eigenvalue weighted by molar-refractivity contribution is 6.21. The van der Waals surface area contributed by atoms with Crippen LogP contribution in [0.5, 0.6) is 0 Å². The van der Waals surface area contributed by atoms with E-state index in [2.05, 4.69) is 66.5 Å². The number of aliphatic imine (C=N–C) groups is 3. The second-order valence-corrected chi connectivity index (χ2v) is 18.2. The van der Waals surface area contributed by atoms with Crippen molar-refractivity contribution < 1.29 is 19.5 Å². The first-order chi connectivity index (χ1) is 32.6. The summed E-state index contributed by atoms with van der Waals surface area (Å²) in [6, 6.07) is 13.4. The van der Waals surface area contributed by atoms with Gasteiger partial charge in [0, 0.05) is 84.7 Å². The van der Waals surface area contributed by atoms with Gasteiger partial charge in [-0.25, -0.2) is 15.0 Å². The molecule has 8 bridgehead atoms. The third-order valence-electron chi connectivity index (χ3n) is 13.7. The summed E-state index contributed by atoms with van der Waals surface area (Å²) in [6.07, 6.45) is 11.5. The lowest BCUT2D eigenvalue weighted by Crippen LogP contribution is -2.44. The van der Waals surface area contributed by atoms with E-state index in [-0.39, 0.29) is 29.9 Å². The Morgan fingerprint density at radius 1 is 0.926 bits per heavy atom. The summed E-state index contributed by atoms with van der Waals surface area (Å²) in [6.45, 7) is 15.0. The first-order valence-electron chi connectivity index (χ1n) is 23.4. The first kappa shape index (κ1) is 47.0. The van der Waals surface area contributed by atoms with Crippen LogP contribution in [0, 0.1) is 11.8 Å². The van der Waals surface area contributed by atoms with Gasteiger partial charge in [-0.2, -0.15) is 10.2 Å². The van der Waals surface area contributed by atoms with Crippen molar-refractivity contribution in [2.75, 3.05) is 25.5 Å². The highest BCUT2D eigenvalue weighted by atomic mass is 16.3. The summed E-state index contributed by atoms with van der Waals surface area (Å²) >= 11 is 0. The fourth-order valence-corrected chi connectivity index (χ4v) is 9.60. The highest BCUT2D eigenvalue weighted by Gasteiger charge is 2.41. The van der Waals surface area contributed by atoms with Crippen molar-refractivity contribution >= 4 is 51.9 Å². The van der Waals surface area contributed by atoms with Crippen molar-refractivity contribution in [1.82, 2.24) is 16.0 Å². The number of hydrogen-bond acceptors (Lipinski definition) is 11. The Hall–Kier alpha value is -7.48. The van der Waals surface area contributed by atoms with Crippen LogP contribution >= 0.6 is 0 Å². The molecule has 1 fully saturated rings. The zero-order valence-corrected chi connectivity index (χ0v) is 40.0. The van der Waals surface area contributed by atoms with Gasteiger partial charge in [-0.1, -0.05) is 26.5 Å². The second kappa shape index (κ2) is 19.8. The number of carbonyl (C=O) groups excluding carboxylic acids is 3. The average Bonchev–Trinajstić information content (AvgIpc) is 4.08. The van der Waals surface area contributed by atoms with Crippen LogP contribution in [-0.2, 0) is 9.59 Å². The number of hydrogen-bond donors (Lipinski definition) is 5. The smallest absolute Gasteiger partial charge is 0.251 e. The second-order valence-electron chi connectivity index (χ2n) is 18.2. The third-order valence-corrected chi connectivity index (χ3v) is 13.7. The number of rotatable bonds is 16. The number of aliphatic hydroxyl groups is 1. The number of nitrogens with two attached hydrogens (primary N) is 1. The van der Waals surface area contributed by atoms with Gasteiger partial charge in [0.15, 0.2) is 0 Å². The van der Waals surface area contributed by atoms with E-state index in [0.29, 0.717) is 55.6 Å². The Balaban J connectivity index is 0.903. The lowest BCUT2D eigenvalue weighted by atomic mass is 9.86. The molecule has 0 spiro atoms. The monoisotopic (exact) mass is 912 g/mol. The molecule has 0 radical (unpaired) electrons. The van der Waals surface area contributed by atoms with Crippen LogP contribution in [0.3, 0.4) is 0 Å². The Bertz CT molecular complexity index is 2880. The van der Waals surface area contributed by atoms with Gasteiger partial charge in [-0.05, 0) is 142 Å². The summed E-state index contributed by atoms with van der Waals surface area (Å²) in [5.74, 6) is -0.923. The maximum atomic E-state index is 13.4. The predicted octanol–water partition coefficient (Wildman–Crippen LogP) is 9.68. The number of nitrogens with one attached hydrogen (secondary N) is 3. The molecular weight excluding hydrogens is 853 g/mol. The fourth-order valence-electron chi connectivity index (χ4n) is 9.60. The topological polar surface area (TPSA) is 199 Å². The number of carbonyl (C=O) groups is 3. The molecule has 14 heteroatoms. The van der Waals surface area contributed by atoms with E-state index in [1.165, 1.54) is 0 Å². The van der Waals surface area contributed by atoms with Crippen LogP contribution in [0.15, 0.2) is 178 Å². The number of nitrogens with zero attached hydrogens (tertiary/aromatic N) is 6. The maximum Gasteiger partial charge on any atom is 0.251 e. The van der Waals surface area contributed by atoms with Crippen LogP contribution in [0.25, 0.3) is 0 Å². The minimum Gasteiger partial charge on any atom is -0.511 e. The molecule has 1 saturated heterocycles. The summed E-state index contributed by atoms with van der Waals surface area (Å²) in [5, 5.41) is 29.6. The minimum absolute atomic E-state index is 0.000582. The van der Waals surface area contributed by atoms with Crippen molar-refractivity contribution in [3.63, 3.8) is 0 Å². The van der Waals surface area contributed by atoms with Crippen molar-refractivity contribution in [2.24, 2.45) is 42.8 Å². The zero-order valence-electron chi connectivity index (χ0n) is 40.0. The first-order valence-corrected chi connectivity index (χ1v) is 23.4. The molecule has 14 nitrogen and oxygen atoms in total. The molecule has 5 aliphatic heterocycles. The van der Waals surface area contributed by atoms with Crippen LogP contribution < -0.4 is 26.6 Å². The zero-order chi connectivity index (χ0) is 48.4. The van der Waals surface area contributed by atoms with Gasteiger partial charge in [-0.3, -0.25) is 14.4 Å². The number of azo groups is 1. The predicted molar refractivity (Wildman–Crippen MR) is 270 cm³/mol. The Labute approximate surface area is 398 Å². The number of anilines is 1. The number of allylic oxidation sites excluding steroid dienone is 12. The SMILES string of the molecule is C=CC1=C(C)C2=NC1=CC1=NC(=CC3=C(C)C4=C(O)CC(=C5NC(=C2)[C@@H](C)[C@@H]5CCC(=O)NCCCCC(NC(=O)c2ccc(N=Nc5ccc(N(C)C)cc5)cc2)C(N)=O)C4=N3)C(CC)=C1C. The van der Waals surface area contributed by atoms with E-state index >= 15 is 0 Å². The number of unbranched alkanes of at least 4 members (excludes halogenated alkanes) is 1. The van der Waals surface area contributed by atoms with Crippen LogP contribution in [0.2, 0.25) is 0 Å². The highest BCUT2D eigenvalue weighted by Crippen LogP contribution is 2.46. The Kier molecular flexibility index (Phi) is 13.7. The number of benzene rings is 2. The molecule has 68 heavy (non-hydrogen) atoms. The summed E-state index contributed by atoms with van der Waals surface area (Å²) in [7, 11) is 3.94. The molecule has 350 valence electrons. The van der Waals surface area contributed by atoms with Gasteiger partial charge in [0.1, 0.15) is 11.8 Å². The van der Waals surface area contributed by atoms with Crippen molar-refractivity contribution in [3.05, 3.63) is 158 Å². The molecule has 8 rings (SSSR count). The van der Waals surface area contributed by atoms with E-state index in [9.17, 15) is 19.5 Å². The van der Waals surface area contributed by atoms with E-state index in [0.717, 1.165) is 96.7 Å². The molecule has 3 amide bonds. The molecule has 0 saturated carbocycles. The van der Waals surface area contributed by atoms with Crippen LogP contribution in [0.4, 0.5) is 17.1 Å². The Morgan fingerprint density at radius 2 is 1.60 bits per heavy atom. The van der Waals surface area contributed by atoms with E-state index in [4.69, 9.17) is 20.7 Å². The van der Waals surface area contributed by atoms with Crippen LogP contribution in [0.1, 0.15) is 89.9 Å². The van der Waals surface area contributed by atoms with Crippen molar-refractivity contribution in [3.8, 4) is 0 Å². The van der Waals surface area contributed by atoms with Gasteiger partial charge < -0.3 is 31.7 Å². The number of primary amides is 1. The molecule has 2 aromatic carbocycles. The molecule has 2 aromatic rings. The number of aliphatic hydroxyl groups excluding tert-OH is 1. The molecule has 0 aromatic heterocycles. The molecule has 1 unspecified atom stereocenters. The van der Waals surface area contributed by atoms with E-state index in [1.807, 2.05) is 68.4 Å². The largest absolute Gasteiger partial charge is 0.511 e. The molecule has 6 aliphatic rings. The van der Waals surface area contributed by atoms with Crippen molar-refractivity contribution in [1.29, 1.82) is 0 Å².